The number of thiazole rings is 1. The Bertz CT molecular complexity index is 264. The van der Waals surface area contributed by atoms with E-state index in [1.165, 1.54) is 20.0 Å². The summed E-state index contributed by atoms with van der Waals surface area (Å²) in [6.45, 7) is 2.88. The molecular weight excluding hydrogens is 165 g/mol. The summed E-state index contributed by atoms with van der Waals surface area (Å²) >= 11 is 1.09. The molecule has 0 aliphatic rings. The highest BCUT2D eigenvalue weighted by atomic mass is 32.1. The lowest BCUT2D eigenvalue weighted by molar-refractivity contribution is 0.112. The van der Waals surface area contributed by atoms with Gasteiger partial charge in [0.2, 0.25) is 0 Å². The van der Waals surface area contributed by atoms with E-state index in [4.69, 9.17) is 0 Å². The molecule has 0 aliphatic carbocycles. The van der Waals surface area contributed by atoms with E-state index in [-0.39, 0.29) is 0 Å². The van der Waals surface area contributed by atoms with E-state index in [0.29, 0.717) is 16.2 Å². The molecule has 0 unspecified atom stereocenters. The van der Waals surface area contributed by atoms with Gasteiger partial charge >= 0.3 is 0 Å². The summed E-state index contributed by atoms with van der Waals surface area (Å²) in [5.41, 5.74) is -1.39. The van der Waals surface area contributed by atoms with Crippen molar-refractivity contribution in [3.05, 3.63) is 16.1 Å². The van der Waals surface area contributed by atoms with Gasteiger partial charge in [0.05, 0.1) is 4.88 Å². The van der Waals surface area contributed by atoms with Gasteiger partial charge in [-0.05, 0) is 13.8 Å². The lowest BCUT2D eigenvalue weighted by Crippen LogP contribution is -2.05. The molecule has 1 rings (SSSR count). The summed E-state index contributed by atoms with van der Waals surface area (Å²) < 4.78 is 13.1. The average Bonchev–Trinajstić information content (AvgIpc) is 2.32. The van der Waals surface area contributed by atoms with Gasteiger partial charge in [-0.3, -0.25) is 4.79 Å². The van der Waals surface area contributed by atoms with Crippen LogP contribution in [0.3, 0.4) is 0 Å². The first-order valence-electron chi connectivity index (χ1n) is 3.14. The van der Waals surface area contributed by atoms with Crippen molar-refractivity contribution in [1.29, 1.82) is 0 Å². The zero-order chi connectivity index (χ0) is 8.48. The second-order valence-corrected chi connectivity index (χ2v) is 3.72. The molecule has 1 aromatic heterocycles. The van der Waals surface area contributed by atoms with E-state index in [2.05, 4.69) is 4.98 Å². The van der Waals surface area contributed by atoms with Gasteiger partial charge in [-0.2, -0.15) is 0 Å². The predicted molar refractivity (Wildman–Crippen MR) is 41.6 cm³/mol. The molecule has 0 bridgehead atoms. The number of rotatable bonds is 2. The molecule has 1 aromatic rings. The Hall–Kier alpha value is -0.770. The quantitative estimate of drug-likeness (QED) is 0.641. The van der Waals surface area contributed by atoms with Gasteiger partial charge in [-0.25, -0.2) is 9.37 Å². The third kappa shape index (κ3) is 1.83. The van der Waals surface area contributed by atoms with Gasteiger partial charge in [0.1, 0.15) is 5.67 Å². The number of hydrogen-bond acceptors (Lipinski definition) is 3. The standard InChI is InChI=1S/C7H8FNOS/c1-7(2,8)5-3-9-6(4-10)11-5/h3-4H,1-2H3. The van der Waals surface area contributed by atoms with Crippen molar-refractivity contribution in [3.63, 3.8) is 0 Å². The van der Waals surface area contributed by atoms with E-state index in [1.54, 1.807) is 0 Å². The highest BCUT2D eigenvalue weighted by molar-refractivity contribution is 7.13. The minimum absolute atomic E-state index is 0.325. The van der Waals surface area contributed by atoms with Gasteiger partial charge in [-0.1, -0.05) is 0 Å². The molecule has 0 aromatic carbocycles. The Kier molecular flexibility index (Phi) is 2.04. The van der Waals surface area contributed by atoms with Crippen molar-refractivity contribution in [1.82, 2.24) is 4.98 Å². The molecule has 11 heavy (non-hydrogen) atoms. The Balaban J connectivity index is 2.98. The second-order valence-electron chi connectivity index (χ2n) is 2.65. The SMILES string of the molecule is CC(C)(F)c1cnc(C=O)s1. The number of hydrogen-bond donors (Lipinski definition) is 0. The van der Waals surface area contributed by atoms with E-state index in [0.717, 1.165) is 11.3 Å². The smallest absolute Gasteiger partial charge is 0.178 e. The summed E-state index contributed by atoms with van der Waals surface area (Å²) in [6, 6.07) is 0. The van der Waals surface area contributed by atoms with Crippen LogP contribution in [0.4, 0.5) is 4.39 Å². The van der Waals surface area contributed by atoms with Crippen molar-refractivity contribution >= 4 is 17.6 Å². The Morgan fingerprint density at radius 1 is 1.73 bits per heavy atom. The van der Waals surface area contributed by atoms with Gasteiger partial charge in [-0.15, -0.1) is 11.3 Å². The van der Waals surface area contributed by atoms with E-state index in [9.17, 15) is 9.18 Å². The van der Waals surface area contributed by atoms with Crippen LogP contribution in [0.25, 0.3) is 0 Å². The number of nitrogens with zero attached hydrogens (tertiary/aromatic N) is 1. The van der Waals surface area contributed by atoms with E-state index >= 15 is 0 Å². The van der Waals surface area contributed by atoms with Crippen molar-refractivity contribution in [2.24, 2.45) is 0 Å². The third-order valence-corrected chi connectivity index (χ3v) is 2.43. The zero-order valence-electron chi connectivity index (χ0n) is 6.30. The molecule has 60 valence electrons. The number of aldehydes is 1. The third-order valence-electron chi connectivity index (χ3n) is 1.21. The summed E-state index contributed by atoms with van der Waals surface area (Å²) in [5.74, 6) is 0. The van der Waals surface area contributed by atoms with Crippen LogP contribution < -0.4 is 0 Å². The Morgan fingerprint density at radius 2 is 2.36 bits per heavy atom. The lowest BCUT2D eigenvalue weighted by Gasteiger charge is -2.08. The molecule has 2 nitrogen and oxygen atoms in total. The van der Waals surface area contributed by atoms with Crippen molar-refractivity contribution in [3.8, 4) is 0 Å². The maximum atomic E-state index is 13.1. The number of carbonyl (C=O) groups is 1. The van der Waals surface area contributed by atoms with E-state index in [1.807, 2.05) is 0 Å². The molecule has 0 N–H and O–H groups in total. The summed E-state index contributed by atoms with van der Waals surface area (Å²) in [5, 5.41) is 0.325. The second kappa shape index (κ2) is 2.70. The minimum atomic E-state index is -1.39. The topological polar surface area (TPSA) is 30.0 Å². The van der Waals surface area contributed by atoms with Gasteiger partial charge in [0.15, 0.2) is 11.3 Å². The van der Waals surface area contributed by atoms with Crippen molar-refractivity contribution < 1.29 is 9.18 Å². The van der Waals surface area contributed by atoms with Crippen molar-refractivity contribution in [2.75, 3.05) is 0 Å². The van der Waals surface area contributed by atoms with Crippen LogP contribution in [-0.2, 0) is 5.67 Å². The first-order chi connectivity index (χ1) is 5.04. The molecule has 0 spiro atoms. The Morgan fingerprint density at radius 3 is 2.64 bits per heavy atom. The number of alkyl halides is 1. The van der Waals surface area contributed by atoms with Gasteiger partial charge < -0.3 is 0 Å². The van der Waals surface area contributed by atoms with Crippen LogP contribution in [-0.4, -0.2) is 11.3 Å². The molecule has 0 saturated carbocycles. The predicted octanol–water partition coefficient (Wildman–Crippen LogP) is 2.16. The molecule has 0 radical (unpaired) electrons. The number of halogens is 1. The Labute approximate surface area is 68.1 Å². The fraction of sp³-hybridized carbons (Fsp3) is 0.429. The summed E-state index contributed by atoms with van der Waals surface area (Å²) in [6.07, 6.45) is 2.02. The minimum Gasteiger partial charge on any atom is -0.295 e. The molecule has 0 saturated heterocycles. The normalized spacial score (nSPS) is 11.5. The summed E-state index contributed by atoms with van der Waals surface area (Å²) in [7, 11) is 0. The highest BCUT2D eigenvalue weighted by Crippen LogP contribution is 2.28. The van der Waals surface area contributed by atoms with Gasteiger partial charge in [0, 0.05) is 6.20 Å². The van der Waals surface area contributed by atoms with E-state index < -0.39 is 5.67 Å². The molecule has 4 heteroatoms. The molecule has 0 fully saturated rings. The van der Waals surface area contributed by atoms with Crippen LogP contribution in [0, 0.1) is 0 Å². The first-order valence-corrected chi connectivity index (χ1v) is 3.96. The fourth-order valence-electron chi connectivity index (χ4n) is 0.617. The largest absolute Gasteiger partial charge is 0.295 e. The molecule has 0 amide bonds. The highest BCUT2D eigenvalue weighted by Gasteiger charge is 2.21. The lowest BCUT2D eigenvalue weighted by atomic mass is 10.1. The number of carbonyl (C=O) groups excluding carboxylic acids is 1. The molecule has 0 atom stereocenters. The van der Waals surface area contributed by atoms with Crippen LogP contribution >= 0.6 is 11.3 Å². The molecule has 1 heterocycles. The monoisotopic (exact) mass is 173 g/mol. The van der Waals surface area contributed by atoms with Crippen LogP contribution in [0.15, 0.2) is 6.20 Å². The first kappa shape index (κ1) is 8.33. The van der Waals surface area contributed by atoms with Crippen LogP contribution in [0.1, 0.15) is 28.5 Å². The van der Waals surface area contributed by atoms with Gasteiger partial charge in [0.25, 0.3) is 0 Å². The summed E-state index contributed by atoms with van der Waals surface area (Å²) in [4.78, 5) is 14.4. The maximum absolute atomic E-state index is 13.1. The maximum Gasteiger partial charge on any atom is 0.178 e. The zero-order valence-corrected chi connectivity index (χ0v) is 7.11. The average molecular weight is 173 g/mol. The van der Waals surface area contributed by atoms with Crippen LogP contribution in [0.2, 0.25) is 0 Å². The fourth-order valence-corrected chi connectivity index (χ4v) is 1.34. The van der Waals surface area contributed by atoms with Crippen LogP contribution in [0.5, 0.6) is 0 Å². The van der Waals surface area contributed by atoms with Crippen molar-refractivity contribution in [2.45, 2.75) is 19.5 Å². The molecular formula is C7H8FNOS. The number of aromatic nitrogens is 1. The molecule has 0 aliphatic heterocycles.